The Labute approximate surface area is 156 Å². The molecule has 5 rings (SSSR count). The van der Waals surface area contributed by atoms with E-state index in [9.17, 15) is 0 Å². The maximum Gasteiger partial charge on any atom is 0.173 e. The Morgan fingerprint density at radius 3 is 2.65 bits per heavy atom. The molecule has 0 bridgehead atoms. The maximum atomic E-state index is 4.99. The van der Waals surface area contributed by atoms with Crippen LogP contribution < -0.4 is 0 Å². The van der Waals surface area contributed by atoms with Crippen LogP contribution in [0.25, 0.3) is 11.3 Å². The van der Waals surface area contributed by atoms with Gasteiger partial charge in [0, 0.05) is 29.5 Å². The molecule has 0 saturated heterocycles. The van der Waals surface area contributed by atoms with Crippen molar-refractivity contribution in [1.82, 2.24) is 18.9 Å². The Bertz CT molecular complexity index is 1020. The zero-order chi connectivity index (χ0) is 17.3. The standard InChI is InChI=1S/C21H20N4S/c1-2-8-17(9-3-1)25-19-11-5-4-10-18(19)23-21(25)26-15-16-14-24-13-7-6-12-20(24)22-16/h1-3,6-9,12-14H,4-5,10-11,15H2. The van der Waals surface area contributed by atoms with Gasteiger partial charge in [-0.15, -0.1) is 0 Å². The van der Waals surface area contributed by atoms with Gasteiger partial charge in [-0.1, -0.05) is 36.0 Å². The summed E-state index contributed by atoms with van der Waals surface area (Å²) in [5.41, 5.74) is 5.95. The minimum atomic E-state index is 0.824. The second-order valence-corrected chi connectivity index (χ2v) is 7.60. The van der Waals surface area contributed by atoms with Crippen molar-refractivity contribution >= 4 is 17.4 Å². The van der Waals surface area contributed by atoms with Crippen molar-refractivity contribution in [1.29, 1.82) is 0 Å². The summed E-state index contributed by atoms with van der Waals surface area (Å²) in [7, 11) is 0. The molecule has 4 aromatic rings. The lowest BCUT2D eigenvalue weighted by atomic mass is 10.0. The number of para-hydroxylation sites is 1. The van der Waals surface area contributed by atoms with Gasteiger partial charge in [0.15, 0.2) is 5.16 Å². The largest absolute Gasteiger partial charge is 0.307 e. The number of benzene rings is 1. The SMILES string of the molecule is c1ccc(-n2c(SCc3cn4ccccc4n3)nc3c2CCCC3)cc1. The first-order valence-electron chi connectivity index (χ1n) is 9.10. The van der Waals surface area contributed by atoms with Crippen LogP contribution in [-0.2, 0) is 18.6 Å². The molecule has 0 fully saturated rings. The maximum absolute atomic E-state index is 4.99. The van der Waals surface area contributed by atoms with Crippen molar-refractivity contribution < 1.29 is 0 Å². The van der Waals surface area contributed by atoms with Crippen molar-refractivity contribution in [2.24, 2.45) is 0 Å². The predicted molar refractivity (Wildman–Crippen MR) is 105 cm³/mol. The molecule has 0 radical (unpaired) electrons. The third kappa shape index (κ3) is 2.82. The number of imidazole rings is 2. The molecule has 130 valence electrons. The number of thioether (sulfide) groups is 1. The van der Waals surface area contributed by atoms with Crippen LogP contribution in [0.1, 0.15) is 29.9 Å². The fraction of sp³-hybridized carbons (Fsp3) is 0.238. The third-order valence-corrected chi connectivity index (χ3v) is 5.85. The van der Waals surface area contributed by atoms with Gasteiger partial charge in [-0.2, -0.15) is 0 Å². The Balaban J connectivity index is 1.49. The number of pyridine rings is 1. The van der Waals surface area contributed by atoms with Gasteiger partial charge in [0.1, 0.15) is 5.65 Å². The summed E-state index contributed by atoms with van der Waals surface area (Å²) in [5, 5.41) is 1.08. The number of nitrogens with zero attached hydrogens (tertiary/aromatic N) is 4. The Hall–Kier alpha value is -2.53. The van der Waals surface area contributed by atoms with Gasteiger partial charge < -0.3 is 4.40 Å². The summed E-state index contributed by atoms with van der Waals surface area (Å²) in [6.45, 7) is 0. The van der Waals surface area contributed by atoms with E-state index in [-0.39, 0.29) is 0 Å². The predicted octanol–water partition coefficient (Wildman–Crippen LogP) is 4.69. The summed E-state index contributed by atoms with van der Waals surface area (Å²) in [6, 6.07) is 16.7. The van der Waals surface area contributed by atoms with Crippen LogP contribution in [0.4, 0.5) is 0 Å². The van der Waals surface area contributed by atoms with Gasteiger partial charge >= 0.3 is 0 Å². The monoisotopic (exact) mass is 360 g/mol. The minimum absolute atomic E-state index is 0.824. The molecule has 4 nitrogen and oxygen atoms in total. The van der Waals surface area contributed by atoms with E-state index >= 15 is 0 Å². The second kappa shape index (κ2) is 6.65. The first-order valence-corrected chi connectivity index (χ1v) is 10.1. The quantitative estimate of drug-likeness (QED) is 0.495. The molecular formula is C21H20N4S. The lowest BCUT2D eigenvalue weighted by molar-refractivity contribution is 0.654. The number of hydrogen-bond donors (Lipinski definition) is 0. The Morgan fingerprint density at radius 2 is 1.77 bits per heavy atom. The highest BCUT2D eigenvalue weighted by Crippen LogP contribution is 2.32. The van der Waals surface area contributed by atoms with Gasteiger partial charge in [-0.05, 0) is 49.9 Å². The molecule has 0 aliphatic heterocycles. The van der Waals surface area contributed by atoms with E-state index in [1.54, 1.807) is 11.8 Å². The zero-order valence-electron chi connectivity index (χ0n) is 14.5. The molecule has 0 N–H and O–H groups in total. The highest BCUT2D eigenvalue weighted by molar-refractivity contribution is 7.98. The van der Waals surface area contributed by atoms with Crippen LogP contribution >= 0.6 is 11.8 Å². The molecule has 0 amide bonds. The molecule has 3 aromatic heterocycles. The molecule has 0 atom stereocenters. The lowest BCUT2D eigenvalue weighted by Crippen LogP contribution is -2.07. The highest BCUT2D eigenvalue weighted by atomic mass is 32.2. The van der Waals surface area contributed by atoms with Crippen molar-refractivity contribution in [3.63, 3.8) is 0 Å². The van der Waals surface area contributed by atoms with Crippen molar-refractivity contribution in [3.8, 4) is 5.69 Å². The lowest BCUT2D eigenvalue weighted by Gasteiger charge is -2.15. The number of rotatable bonds is 4. The summed E-state index contributed by atoms with van der Waals surface area (Å²) in [6.07, 6.45) is 8.86. The molecule has 1 aliphatic rings. The van der Waals surface area contributed by atoms with E-state index in [1.165, 1.54) is 29.9 Å². The molecule has 0 unspecified atom stereocenters. The molecule has 0 saturated carbocycles. The molecule has 26 heavy (non-hydrogen) atoms. The van der Waals surface area contributed by atoms with Gasteiger partial charge in [-0.25, -0.2) is 9.97 Å². The molecular weight excluding hydrogens is 340 g/mol. The third-order valence-electron chi connectivity index (χ3n) is 4.88. The summed E-state index contributed by atoms with van der Waals surface area (Å²) < 4.78 is 4.43. The molecule has 0 spiro atoms. The molecule has 1 aromatic carbocycles. The summed E-state index contributed by atoms with van der Waals surface area (Å²) in [4.78, 5) is 9.70. The topological polar surface area (TPSA) is 35.1 Å². The Kier molecular flexibility index (Phi) is 4.02. The fourth-order valence-electron chi connectivity index (χ4n) is 3.65. The van der Waals surface area contributed by atoms with Gasteiger partial charge in [0.05, 0.1) is 11.4 Å². The first-order chi connectivity index (χ1) is 12.9. The number of hydrogen-bond acceptors (Lipinski definition) is 3. The van der Waals surface area contributed by atoms with E-state index in [4.69, 9.17) is 9.97 Å². The van der Waals surface area contributed by atoms with E-state index in [0.717, 1.165) is 35.1 Å². The van der Waals surface area contributed by atoms with Crippen LogP contribution in [0.3, 0.4) is 0 Å². The average molecular weight is 360 g/mol. The molecule has 3 heterocycles. The van der Waals surface area contributed by atoms with Crippen molar-refractivity contribution in [3.05, 3.63) is 78.0 Å². The normalized spacial score (nSPS) is 13.8. The average Bonchev–Trinajstić information content (AvgIpc) is 3.27. The number of fused-ring (bicyclic) bond motifs is 2. The van der Waals surface area contributed by atoms with Crippen LogP contribution in [-0.4, -0.2) is 18.9 Å². The van der Waals surface area contributed by atoms with Gasteiger partial charge in [-0.3, -0.25) is 4.57 Å². The second-order valence-electron chi connectivity index (χ2n) is 6.65. The summed E-state index contributed by atoms with van der Waals surface area (Å²) >= 11 is 1.78. The molecule has 5 heteroatoms. The van der Waals surface area contributed by atoms with E-state index in [0.29, 0.717) is 0 Å². The Morgan fingerprint density at radius 1 is 0.923 bits per heavy atom. The van der Waals surface area contributed by atoms with Crippen LogP contribution in [0.2, 0.25) is 0 Å². The molecule has 1 aliphatic carbocycles. The van der Waals surface area contributed by atoms with Crippen molar-refractivity contribution in [2.45, 2.75) is 36.6 Å². The van der Waals surface area contributed by atoms with Crippen LogP contribution in [0.5, 0.6) is 0 Å². The minimum Gasteiger partial charge on any atom is -0.307 e. The first kappa shape index (κ1) is 15.7. The number of aryl methyl sites for hydroxylation is 1. The zero-order valence-corrected chi connectivity index (χ0v) is 15.3. The fourth-order valence-corrected chi connectivity index (χ4v) is 4.59. The van der Waals surface area contributed by atoms with E-state index in [1.807, 2.05) is 24.4 Å². The number of aromatic nitrogens is 4. The smallest absolute Gasteiger partial charge is 0.173 e. The summed E-state index contributed by atoms with van der Waals surface area (Å²) in [5.74, 6) is 0.824. The highest BCUT2D eigenvalue weighted by Gasteiger charge is 2.21. The van der Waals surface area contributed by atoms with E-state index < -0.39 is 0 Å². The van der Waals surface area contributed by atoms with Gasteiger partial charge in [0.25, 0.3) is 0 Å². The van der Waals surface area contributed by atoms with E-state index in [2.05, 4.69) is 45.5 Å². The van der Waals surface area contributed by atoms with Crippen LogP contribution in [0, 0.1) is 0 Å². The van der Waals surface area contributed by atoms with Crippen LogP contribution in [0.15, 0.2) is 66.1 Å². The van der Waals surface area contributed by atoms with Gasteiger partial charge in [0.2, 0.25) is 0 Å². The van der Waals surface area contributed by atoms with Crippen molar-refractivity contribution in [2.75, 3.05) is 0 Å².